The number of anilines is 1. The summed E-state index contributed by atoms with van der Waals surface area (Å²) in [7, 11) is 1.67. The highest BCUT2D eigenvalue weighted by molar-refractivity contribution is 5.91. The first kappa shape index (κ1) is 20.1. The van der Waals surface area contributed by atoms with Gasteiger partial charge in [0.2, 0.25) is 0 Å². The van der Waals surface area contributed by atoms with Crippen molar-refractivity contribution in [2.24, 2.45) is 0 Å². The molecule has 0 fully saturated rings. The van der Waals surface area contributed by atoms with Gasteiger partial charge >= 0.3 is 6.09 Å². The van der Waals surface area contributed by atoms with Crippen LogP contribution in [0.15, 0.2) is 36.4 Å². The van der Waals surface area contributed by atoms with E-state index >= 15 is 0 Å². The highest BCUT2D eigenvalue weighted by Crippen LogP contribution is 2.52. The second-order valence-electron chi connectivity index (χ2n) is 8.44. The van der Waals surface area contributed by atoms with Gasteiger partial charge in [0.1, 0.15) is 17.6 Å². The summed E-state index contributed by atoms with van der Waals surface area (Å²) in [4.78, 5) is 10.8. The zero-order chi connectivity index (χ0) is 21.5. The zero-order valence-electron chi connectivity index (χ0n) is 17.8. The number of benzene rings is 2. The molecule has 2 aromatic carbocycles. The number of amides is 1. The van der Waals surface area contributed by atoms with Gasteiger partial charge in [-0.15, -0.1) is 0 Å². The maximum Gasteiger partial charge on any atom is 0.404 e. The summed E-state index contributed by atoms with van der Waals surface area (Å²) in [5.74, 6) is 1.58. The van der Waals surface area contributed by atoms with Crippen molar-refractivity contribution in [2.75, 3.05) is 19.0 Å². The van der Waals surface area contributed by atoms with Crippen LogP contribution in [0.3, 0.4) is 0 Å². The average molecular weight is 408 g/mol. The molecule has 0 saturated carbocycles. The summed E-state index contributed by atoms with van der Waals surface area (Å²) in [6.07, 6.45) is 2.46. The molecule has 1 atom stereocenters. The normalized spacial score (nSPS) is 18.0. The molecule has 2 aliphatic rings. The number of methoxy groups -OCH3 is 1. The minimum absolute atomic E-state index is 0.128. The lowest BCUT2D eigenvalue weighted by Gasteiger charge is -2.37. The standard InChI is InChI=1S/C24H28N2O4/c1-14-13-24(2,3)26-16-11-10-15-21-17(29-4)7-5-8-18(21)30-19(22(15)20(14)16)9-6-12-25-23(27)28/h5,7-8,10-11,13,19,25-26H,6,9,12H2,1-4H3,(H,27,28). The minimum atomic E-state index is -1.00. The summed E-state index contributed by atoms with van der Waals surface area (Å²) in [6, 6.07) is 10.1. The van der Waals surface area contributed by atoms with Gasteiger partial charge in [-0.25, -0.2) is 4.79 Å². The predicted molar refractivity (Wildman–Crippen MR) is 118 cm³/mol. The van der Waals surface area contributed by atoms with Crippen LogP contribution in [-0.4, -0.2) is 30.4 Å². The van der Waals surface area contributed by atoms with E-state index in [0.29, 0.717) is 19.4 Å². The van der Waals surface area contributed by atoms with Crippen molar-refractivity contribution in [2.45, 2.75) is 45.3 Å². The van der Waals surface area contributed by atoms with Crippen LogP contribution in [0.1, 0.15) is 50.8 Å². The van der Waals surface area contributed by atoms with Gasteiger partial charge in [-0.1, -0.05) is 18.2 Å². The van der Waals surface area contributed by atoms with Crippen LogP contribution in [0.5, 0.6) is 11.5 Å². The molecule has 6 heteroatoms. The molecule has 1 unspecified atom stereocenters. The number of carboxylic acid groups (broad SMARTS) is 1. The van der Waals surface area contributed by atoms with Gasteiger partial charge in [0, 0.05) is 23.4 Å². The van der Waals surface area contributed by atoms with Crippen molar-refractivity contribution in [1.82, 2.24) is 5.32 Å². The lowest BCUT2D eigenvalue weighted by molar-refractivity contribution is 0.181. The quantitative estimate of drug-likeness (QED) is 0.573. The third kappa shape index (κ3) is 3.58. The topological polar surface area (TPSA) is 79.8 Å². The Morgan fingerprint density at radius 1 is 1.27 bits per heavy atom. The molecular formula is C24H28N2O4. The Bertz CT molecular complexity index is 1030. The number of rotatable bonds is 5. The molecule has 6 nitrogen and oxygen atoms in total. The summed E-state index contributed by atoms with van der Waals surface area (Å²) < 4.78 is 12.1. The number of hydrogen-bond acceptors (Lipinski definition) is 4. The monoisotopic (exact) mass is 408 g/mol. The van der Waals surface area contributed by atoms with E-state index in [4.69, 9.17) is 14.6 Å². The van der Waals surface area contributed by atoms with Gasteiger partial charge in [0.25, 0.3) is 0 Å². The zero-order valence-corrected chi connectivity index (χ0v) is 17.8. The molecule has 2 aliphatic heterocycles. The molecule has 0 saturated heterocycles. The third-order valence-electron chi connectivity index (χ3n) is 5.66. The van der Waals surface area contributed by atoms with E-state index in [1.54, 1.807) is 7.11 Å². The Hall–Kier alpha value is -3.15. The summed E-state index contributed by atoms with van der Waals surface area (Å²) in [6.45, 7) is 6.85. The van der Waals surface area contributed by atoms with Crippen molar-refractivity contribution >= 4 is 17.4 Å². The van der Waals surface area contributed by atoms with Crippen molar-refractivity contribution in [3.05, 3.63) is 47.5 Å². The van der Waals surface area contributed by atoms with Crippen LogP contribution in [0.2, 0.25) is 0 Å². The summed E-state index contributed by atoms with van der Waals surface area (Å²) >= 11 is 0. The molecule has 3 N–H and O–H groups in total. The Morgan fingerprint density at radius 3 is 2.80 bits per heavy atom. The Balaban J connectivity index is 1.83. The highest BCUT2D eigenvalue weighted by Gasteiger charge is 2.34. The molecule has 158 valence electrons. The van der Waals surface area contributed by atoms with Crippen LogP contribution in [0, 0.1) is 0 Å². The maximum atomic E-state index is 10.8. The van der Waals surface area contributed by atoms with E-state index in [0.717, 1.165) is 33.9 Å². The first-order valence-electron chi connectivity index (χ1n) is 10.3. The average Bonchev–Trinajstić information content (AvgIpc) is 2.68. The van der Waals surface area contributed by atoms with Crippen LogP contribution in [0.4, 0.5) is 10.5 Å². The molecule has 4 rings (SSSR count). The number of hydrogen-bond donors (Lipinski definition) is 3. The fraction of sp³-hybridized carbons (Fsp3) is 0.375. The number of nitrogens with one attached hydrogen (secondary N) is 2. The van der Waals surface area contributed by atoms with E-state index in [1.807, 2.05) is 18.2 Å². The summed E-state index contributed by atoms with van der Waals surface area (Å²) in [5.41, 5.74) is 6.55. The second kappa shape index (κ2) is 7.59. The predicted octanol–water partition coefficient (Wildman–Crippen LogP) is 5.45. The number of ether oxygens (including phenoxy) is 2. The smallest absolute Gasteiger partial charge is 0.404 e. The molecular weight excluding hydrogens is 380 g/mol. The van der Waals surface area contributed by atoms with Crippen LogP contribution >= 0.6 is 0 Å². The first-order chi connectivity index (χ1) is 14.3. The van der Waals surface area contributed by atoms with Crippen LogP contribution in [-0.2, 0) is 0 Å². The maximum absolute atomic E-state index is 10.8. The molecule has 0 spiro atoms. The highest BCUT2D eigenvalue weighted by atomic mass is 16.5. The van der Waals surface area contributed by atoms with Crippen molar-refractivity contribution in [3.63, 3.8) is 0 Å². The van der Waals surface area contributed by atoms with Gasteiger partial charge in [-0.2, -0.15) is 0 Å². The Labute approximate surface area is 176 Å². The van der Waals surface area contributed by atoms with Gasteiger partial charge in [0.15, 0.2) is 0 Å². The van der Waals surface area contributed by atoms with E-state index in [2.05, 4.69) is 49.6 Å². The van der Waals surface area contributed by atoms with E-state index in [9.17, 15) is 4.79 Å². The Morgan fingerprint density at radius 2 is 2.07 bits per heavy atom. The molecule has 2 aromatic rings. The largest absolute Gasteiger partial charge is 0.496 e. The molecule has 0 aliphatic carbocycles. The fourth-order valence-electron chi connectivity index (χ4n) is 4.64. The van der Waals surface area contributed by atoms with Crippen molar-refractivity contribution in [1.29, 1.82) is 0 Å². The fourth-order valence-corrected chi connectivity index (χ4v) is 4.64. The second-order valence-corrected chi connectivity index (χ2v) is 8.44. The van der Waals surface area contributed by atoms with Crippen molar-refractivity contribution < 1.29 is 19.4 Å². The number of allylic oxidation sites excluding steroid dienone is 1. The summed E-state index contributed by atoms with van der Waals surface area (Å²) in [5, 5.41) is 14.9. The van der Waals surface area contributed by atoms with Gasteiger partial charge in [-0.3, -0.25) is 0 Å². The molecule has 30 heavy (non-hydrogen) atoms. The number of fused-ring (bicyclic) bond motifs is 5. The lowest BCUT2D eigenvalue weighted by Crippen LogP contribution is -2.32. The molecule has 1 amide bonds. The molecule has 2 heterocycles. The van der Waals surface area contributed by atoms with Gasteiger partial charge in [-0.05, 0) is 62.9 Å². The van der Waals surface area contributed by atoms with Crippen LogP contribution in [0.25, 0.3) is 16.7 Å². The van der Waals surface area contributed by atoms with E-state index in [1.165, 1.54) is 11.1 Å². The van der Waals surface area contributed by atoms with Crippen LogP contribution < -0.4 is 20.1 Å². The van der Waals surface area contributed by atoms with Gasteiger partial charge in [0.05, 0.1) is 18.2 Å². The van der Waals surface area contributed by atoms with Crippen molar-refractivity contribution in [3.8, 4) is 22.6 Å². The molecule has 0 aromatic heterocycles. The van der Waals surface area contributed by atoms with E-state index in [-0.39, 0.29) is 11.6 Å². The third-order valence-corrected chi connectivity index (χ3v) is 5.66. The van der Waals surface area contributed by atoms with E-state index < -0.39 is 6.09 Å². The van der Waals surface area contributed by atoms with Gasteiger partial charge < -0.3 is 25.2 Å². The minimum Gasteiger partial charge on any atom is -0.496 e. The Kier molecular flexibility index (Phi) is 5.10. The SMILES string of the molecule is COc1cccc2c1-c1ccc3c(c1C(CCCNC(=O)O)O2)C(C)=CC(C)(C)N3. The number of carbonyl (C=O) groups is 1. The lowest BCUT2D eigenvalue weighted by atomic mass is 9.81. The molecule has 0 radical (unpaired) electrons. The molecule has 0 bridgehead atoms. The first-order valence-corrected chi connectivity index (χ1v) is 10.3.